The van der Waals surface area contributed by atoms with Crippen molar-refractivity contribution in [2.75, 3.05) is 39.8 Å². The maximum absolute atomic E-state index is 8.94. The van der Waals surface area contributed by atoms with Gasteiger partial charge in [-0.1, -0.05) is 12.8 Å². The Bertz CT molecular complexity index is 204. The molecule has 2 aliphatic rings. The molecular formula is C13H26N2O. The normalized spacial score (nSPS) is 28.3. The Balaban J connectivity index is 1.70. The Morgan fingerprint density at radius 2 is 2.00 bits per heavy atom. The van der Waals surface area contributed by atoms with E-state index in [0.29, 0.717) is 6.04 Å². The quantitative estimate of drug-likeness (QED) is 0.762. The van der Waals surface area contributed by atoms with Crippen molar-refractivity contribution in [1.29, 1.82) is 0 Å². The van der Waals surface area contributed by atoms with Crippen molar-refractivity contribution >= 4 is 0 Å². The van der Waals surface area contributed by atoms with E-state index in [1.165, 1.54) is 51.7 Å². The van der Waals surface area contributed by atoms with E-state index in [4.69, 9.17) is 5.11 Å². The van der Waals surface area contributed by atoms with Crippen molar-refractivity contribution in [3.63, 3.8) is 0 Å². The number of hydrogen-bond acceptors (Lipinski definition) is 3. The lowest BCUT2D eigenvalue weighted by Gasteiger charge is -2.25. The van der Waals surface area contributed by atoms with Crippen molar-refractivity contribution in [1.82, 2.24) is 9.80 Å². The lowest BCUT2D eigenvalue weighted by atomic mass is 10.1. The first kappa shape index (κ1) is 12.3. The second-order valence-electron chi connectivity index (χ2n) is 5.56. The zero-order valence-corrected chi connectivity index (χ0v) is 10.6. The maximum atomic E-state index is 8.94. The van der Waals surface area contributed by atoms with Gasteiger partial charge in [-0.3, -0.25) is 4.90 Å². The van der Waals surface area contributed by atoms with Gasteiger partial charge in [0, 0.05) is 25.7 Å². The third kappa shape index (κ3) is 3.19. The zero-order chi connectivity index (χ0) is 11.4. The first-order valence-electron chi connectivity index (χ1n) is 6.83. The molecule has 2 rings (SSSR count). The molecule has 1 aliphatic heterocycles. The van der Waals surface area contributed by atoms with Crippen LogP contribution >= 0.6 is 0 Å². The molecule has 0 aromatic rings. The van der Waals surface area contributed by atoms with Gasteiger partial charge in [0.25, 0.3) is 0 Å². The molecule has 3 heteroatoms. The van der Waals surface area contributed by atoms with Crippen LogP contribution in [0.25, 0.3) is 0 Å². The molecule has 94 valence electrons. The lowest BCUT2D eigenvalue weighted by molar-refractivity contribution is 0.175. The second kappa shape index (κ2) is 5.99. The van der Waals surface area contributed by atoms with Crippen molar-refractivity contribution < 1.29 is 5.11 Å². The van der Waals surface area contributed by atoms with E-state index in [1.54, 1.807) is 0 Å². The number of likely N-dealkylation sites (N-methyl/N-ethyl adjacent to an activating group) is 1. The van der Waals surface area contributed by atoms with E-state index >= 15 is 0 Å². The highest BCUT2D eigenvalue weighted by molar-refractivity contribution is 4.84. The van der Waals surface area contributed by atoms with Crippen molar-refractivity contribution in [2.45, 2.75) is 38.1 Å². The third-order valence-corrected chi connectivity index (χ3v) is 4.31. The Morgan fingerprint density at radius 3 is 2.69 bits per heavy atom. The molecule has 0 aromatic heterocycles. The number of aliphatic hydroxyl groups excluding tert-OH is 1. The summed E-state index contributed by atoms with van der Waals surface area (Å²) in [5.74, 6) is 0.974. The summed E-state index contributed by atoms with van der Waals surface area (Å²) in [6, 6.07) is 0.675. The monoisotopic (exact) mass is 226 g/mol. The van der Waals surface area contributed by atoms with E-state index in [1.807, 2.05) is 0 Å². The topological polar surface area (TPSA) is 26.7 Å². The average molecular weight is 226 g/mol. The van der Waals surface area contributed by atoms with Gasteiger partial charge >= 0.3 is 0 Å². The predicted molar refractivity (Wildman–Crippen MR) is 66.5 cm³/mol. The minimum atomic E-state index is 0.287. The van der Waals surface area contributed by atoms with Crippen LogP contribution in [0.5, 0.6) is 0 Å². The second-order valence-corrected chi connectivity index (χ2v) is 5.56. The van der Waals surface area contributed by atoms with E-state index in [9.17, 15) is 0 Å². The molecule has 1 heterocycles. The van der Waals surface area contributed by atoms with Gasteiger partial charge in [-0.15, -0.1) is 0 Å². The fraction of sp³-hybridized carbons (Fsp3) is 1.00. The van der Waals surface area contributed by atoms with Crippen molar-refractivity contribution in [3.05, 3.63) is 0 Å². The van der Waals surface area contributed by atoms with Crippen LogP contribution < -0.4 is 0 Å². The van der Waals surface area contributed by atoms with Crippen LogP contribution in [-0.4, -0.2) is 60.8 Å². The molecule has 0 bridgehead atoms. The summed E-state index contributed by atoms with van der Waals surface area (Å²) < 4.78 is 0. The molecular weight excluding hydrogens is 200 g/mol. The van der Waals surface area contributed by atoms with Crippen LogP contribution in [0.1, 0.15) is 32.1 Å². The number of likely N-dealkylation sites (tertiary alicyclic amines) is 1. The number of rotatable bonds is 5. The summed E-state index contributed by atoms with van der Waals surface area (Å²) >= 11 is 0. The number of hydrogen-bond donors (Lipinski definition) is 1. The first-order valence-corrected chi connectivity index (χ1v) is 6.83. The molecule has 1 saturated heterocycles. The Kier molecular flexibility index (Phi) is 4.62. The molecule has 3 nitrogen and oxygen atoms in total. The molecule has 1 saturated carbocycles. The SMILES string of the molecule is CN(CCO)C1CCN(CC2CCCC2)C1. The summed E-state index contributed by atoms with van der Waals surface area (Å²) in [4.78, 5) is 4.95. The number of aliphatic hydroxyl groups is 1. The van der Waals surface area contributed by atoms with Gasteiger partial charge in [-0.25, -0.2) is 0 Å². The molecule has 0 amide bonds. The molecule has 0 spiro atoms. The fourth-order valence-corrected chi connectivity index (χ4v) is 3.24. The summed E-state index contributed by atoms with van der Waals surface area (Å²) in [6.45, 7) is 4.91. The summed E-state index contributed by atoms with van der Waals surface area (Å²) in [7, 11) is 2.14. The molecule has 0 radical (unpaired) electrons. The van der Waals surface area contributed by atoms with Gasteiger partial charge in [0.2, 0.25) is 0 Å². The predicted octanol–water partition coefficient (Wildman–Crippen LogP) is 1.17. The number of nitrogens with zero attached hydrogens (tertiary/aromatic N) is 2. The lowest BCUT2D eigenvalue weighted by Crippen LogP contribution is -2.37. The molecule has 1 N–H and O–H groups in total. The van der Waals surface area contributed by atoms with Gasteiger partial charge < -0.3 is 10.0 Å². The minimum Gasteiger partial charge on any atom is -0.395 e. The molecule has 1 aliphatic carbocycles. The highest BCUT2D eigenvalue weighted by atomic mass is 16.3. The first-order chi connectivity index (χ1) is 7.79. The standard InChI is InChI=1S/C13H26N2O/c1-14(8-9-16)13-6-7-15(11-13)10-12-4-2-3-5-12/h12-13,16H,2-11H2,1H3. The van der Waals surface area contributed by atoms with Crippen LogP contribution in [-0.2, 0) is 0 Å². The van der Waals surface area contributed by atoms with Gasteiger partial charge in [-0.2, -0.15) is 0 Å². The van der Waals surface area contributed by atoms with E-state index in [-0.39, 0.29) is 6.61 Å². The highest BCUT2D eigenvalue weighted by Gasteiger charge is 2.27. The van der Waals surface area contributed by atoms with Gasteiger partial charge in [0.1, 0.15) is 0 Å². The third-order valence-electron chi connectivity index (χ3n) is 4.31. The van der Waals surface area contributed by atoms with Crippen molar-refractivity contribution in [2.24, 2.45) is 5.92 Å². The zero-order valence-electron chi connectivity index (χ0n) is 10.6. The van der Waals surface area contributed by atoms with E-state index in [0.717, 1.165) is 12.5 Å². The van der Waals surface area contributed by atoms with Gasteiger partial charge in [0.15, 0.2) is 0 Å². The van der Waals surface area contributed by atoms with Crippen LogP contribution in [0.3, 0.4) is 0 Å². The molecule has 16 heavy (non-hydrogen) atoms. The largest absolute Gasteiger partial charge is 0.395 e. The Hall–Kier alpha value is -0.120. The maximum Gasteiger partial charge on any atom is 0.0558 e. The van der Waals surface area contributed by atoms with Gasteiger partial charge in [0.05, 0.1) is 6.61 Å². The minimum absolute atomic E-state index is 0.287. The highest BCUT2D eigenvalue weighted by Crippen LogP contribution is 2.27. The summed E-state index contributed by atoms with van der Waals surface area (Å²) in [6.07, 6.45) is 7.09. The Morgan fingerprint density at radius 1 is 1.25 bits per heavy atom. The summed E-state index contributed by atoms with van der Waals surface area (Å²) in [5.41, 5.74) is 0. The molecule has 2 fully saturated rings. The van der Waals surface area contributed by atoms with Crippen LogP contribution in [0.15, 0.2) is 0 Å². The van der Waals surface area contributed by atoms with Crippen molar-refractivity contribution in [3.8, 4) is 0 Å². The van der Waals surface area contributed by atoms with E-state index < -0.39 is 0 Å². The van der Waals surface area contributed by atoms with Crippen LogP contribution in [0.4, 0.5) is 0 Å². The smallest absolute Gasteiger partial charge is 0.0558 e. The molecule has 1 unspecified atom stereocenters. The molecule has 0 aromatic carbocycles. The average Bonchev–Trinajstić information content (AvgIpc) is 2.90. The Labute approximate surface area is 99.4 Å². The fourth-order valence-electron chi connectivity index (χ4n) is 3.24. The van der Waals surface area contributed by atoms with E-state index in [2.05, 4.69) is 16.8 Å². The van der Waals surface area contributed by atoms with Gasteiger partial charge in [-0.05, 0) is 38.8 Å². The van der Waals surface area contributed by atoms with Crippen LogP contribution in [0.2, 0.25) is 0 Å². The molecule has 1 atom stereocenters. The summed E-state index contributed by atoms with van der Waals surface area (Å²) in [5, 5.41) is 8.94. The van der Waals surface area contributed by atoms with Crippen LogP contribution in [0, 0.1) is 5.92 Å².